The van der Waals surface area contributed by atoms with Gasteiger partial charge in [0.05, 0.1) is 27.7 Å². The topological polar surface area (TPSA) is 111 Å². The molecule has 10 heteroatoms. The van der Waals surface area contributed by atoms with E-state index in [9.17, 15) is 19.0 Å². The van der Waals surface area contributed by atoms with Gasteiger partial charge in [0.15, 0.2) is 6.10 Å². The van der Waals surface area contributed by atoms with Crippen LogP contribution in [0.3, 0.4) is 0 Å². The largest absolute Gasteiger partial charge is 0.756 e. The smallest absolute Gasteiger partial charge is 0.306 e. The van der Waals surface area contributed by atoms with Crippen LogP contribution in [0.4, 0.5) is 0 Å². The molecule has 1 unspecified atom stereocenters. The van der Waals surface area contributed by atoms with Gasteiger partial charge >= 0.3 is 11.9 Å². The van der Waals surface area contributed by atoms with E-state index in [2.05, 4.69) is 38.2 Å². The molecule has 9 nitrogen and oxygen atoms in total. The van der Waals surface area contributed by atoms with Crippen LogP contribution in [0.25, 0.3) is 0 Å². The van der Waals surface area contributed by atoms with E-state index in [4.69, 9.17) is 18.5 Å². The van der Waals surface area contributed by atoms with Crippen molar-refractivity contribution in [1.29, 1.82) is 0 Å². The molecule has 0 N–H and O–H groups in total. The monoisotopic (exact) mass is 828 g/mol. The van der Waals surface area contributed by atoms with E-state index in [-0.39, 0.29) is 32.0 Å². The van der Waals surface area contributed by atoms with E-state index in [1.807, 2.05) is 21.1 Å². The number of hydrogen-bond donors (Lipinski definition) is 0. The zero-order valence-corrected chi connectivity index (χ0v) is 38.7. The van der Waals surface area contributed by atoms with Crippen molar-refractivity contribution in [1.82, 2.24) is 0 Å². The summed E-state index contributed by atoms with van der Waals surface area (Å²) >= 11 is 0. The minimum atomic E-state index is -4.62. The SMILES string of the molecule is CCCCC/C=C/C/C=C/CCCCCCCCCC(=O)O[C@H](COC(=O)CCCCCCCCCCCCCCCCCC)COP(=O)([O-])OCC[N+](C)(C)C. The van der Waals surface area contributed by atoms with Crippen LogP contribution in [-0.2, 0) is 32.7 Å². The van der Waals surface area contributed by atoms with Gasteiger partial charge in [0, 0.05) is 12.8 Å². The molecule has 0 aromatic carbocycles. The van der Waals surface area contributed by atoms with E-state index < -0.39 is 26.5 Å². The number of likely N-dealkylation sites (N-methyl/N-ethyl adjacent to an activating group) is 1. The molecule has 0 amide bonds. The van der Waals surface area contributed by atoms with E-state index >= 15 is 0 Å². The quantitative estimate of drug-likeness (QED) is 0.0196. The number of hydrogen-bond acceptors (Lipinski definition) is 8. The molecule has 0 bridgehead atoms. The fraction of sp³-hybridized carbons (Fsp3) is 0.872. The molecule has 336 valence electrons. The summed E-state index contributed by atoms with van der Waals surface area (Å²) in [4.78, 5) is 37.6. The lowest BCUT2D eigenvalue weighted by Crippen LogP contribution is -2.37. The zero-order valence-electron chi connectivity index (χ0n) is 37.8. The molecule has 57 heavy (non-hydrogen) atoms. The molecule has 0 rings (SSSR count). The van der Waals surface area contributed by atoms with Crippen LogP contribution in [0.1, 0.15) is 213 Å². The zero-order chi connectivity index (χ0) is 42.1. The number of nitrogens with zero attached hydrogens (tertiary/aromatic N) is 1. The maximum Gasteiger partial charge on any atom is 0.306 e. The summed E-state index contributed by atoms with van der Waals surface area (Å²) in [5.41, 5.74) is 0. The number of unbranched alkanes of at least 4 members (excludes halogenated alkanes) is 25. The number of esters is 2. The van der Waals surface area contributed by atoms with Crippen LogP contribution in [0.2, 0.25) is 0 Å². The number of phosphoric acid groups is 1. The molecule has 0 heterocycles. The predicted molar refractivity (Wildman–Crippen MR) is 236 cm³/mol. The van der Waals surface area contributed by atoms with Crippen LogP contribution in [0, 0.1) is 0 Å². The van der Waals surface area contributed by atoms with Crippen LogP contribution in [0.5, 0.6) is 0 Å². The first kappa shape index (κ1) is 55.5. The van der Waals surface area contributed by atoms with Gasteiger partial charge in [-0.3, -0.25) is 14.2 Å². The van der Waals surface area contributed by atoms with E-state index in [0.29, 0.717) is 17.4 Å². The molecule has 0 saturated heterocycles. The minimum absolute atomic E-state index is 0.0306. The second-order valence-corrected chi connectivity index (χ2v) is 18.5. The molecule has 0 aromatic heterocycles. The van der Waals surface area contributed by atoms with Crippen LogP contribution >= 0.6 is 7.82 Å². The van der Waals surface area contributed by atoms with Crippen molar-refractivity contribution in [3.63, 3.8) is 0 Å². The molecule has 0 radical (unpaired) electrons. The minimum Gasteiger partial charge on any atom is -0.756 e. The molecular formula is C47H90NO8P. The Hall–Kier alpha value is -1.51. The van der Waals surface area contributed by atoms with Gasteiger partial charge in [-0.2, -0.15) is 0 Å². The first-order valence-corrected chi connectivity index (χ1v) is 25.0. The van der Waals surface area contributed by atoms with Gasteiger partial charge in [0.25, 0.3) is 7.82 Å². The van der Waals surface area contributed by atoms with Crippen LogP contribution in [-0.4, -0.2) is 70.0 Å². The lowest BCUT2D eigenvalue weighted by atomic mass is 10.0. The van der Waals surface area contributed by atoms with Crippen molar-refractivity contribution in [2.45, 2.75) is 219 Å². The average Bonchev–Trinajstić information content (AvgIpc) is 3.16. The Bertz CT molecular complexity index is 1030. The summed E-state index contributed by atoms with van der Waals surface area (Å²) in [5.74, 6) is -0.834. The number of ether oxygens (including phenoxy) is 2. The molecule has 0 aliphatic rings. The predicted octanol–water partition coefficient (Wildman–Crippen LogP) is 12.9. The van der Waals surface area contributed by atoms with Gasteiger partial charge in [-0.05, 0) is 44.9 Å². The van der Waals surface area contributed by atoms with Gasteiger partial charge in [-0.25, -0.2) is 0 Å². The number of phosphoric ester groups is 1. The maximum atomic E-state index is 12.7. The molecular weight excluding hydrogens is 737 g/mol. The fourth-order valence-corrected chi connectivity index (χ4v) is 7.24. The van der Waals surface area contributed by atoms with Gasteiger partial charge in [0.1, 0.15) is 19.8 Å². The Morgan fingerprint density at radius 2 is 0.947 bits per heavy atom. The Balaban J connectivity index is 4.31. The van der Waals surface area contributed by atoms with Crippen molar-refractivity contribution < 1.29 is 42.1 Å². The van der Waals surface area contributed by atoms with Crippen molar-refractivity contribution in [3.8, 4) is 0 Å². The maximum absolute atomic E-state index is 12.7. The third kappa shape index (κ3) is 43.9. The van der Waals surface area contributed by atoms with Gasteiger partial charge in [-0.1, -0.05) is 179 Å². The number of quaternary nitrogens is 1. The molecule has 0 fully saturated rings. The first-order valence-electron chi connectivity index (χ1n) is 23.5. The lowest BCUT2D eigenvalue weighted by Gasteiger charge is -2.28. The Labute approximate surface area is 351 Å². The standard InChI is InChI=1S/C47H90NO8P/c1-6-8-10-12-14-16-18-20-22-24-26-28-30-32-34-36-38-40-47(50)56-45(44-55-57(51,52)54-42-41-48(3,4)5)43-53-46(49)39-37-35-33-31-29-27-25-23-21-19-17-15-13-11-9-7-2/h14,16,20,22,45H,6-13,15,17-19,21,23-44H2,1-5H3/b16-14+,22-20+/t45-/m1/s1. The summed E-state index contributed by atoms with van der Waals surface area (Å²) < 4.78 is 34.0. The molecule has 0 saturated carbocycles. The van der Waals surface area contributed by atoms with Crippen LogP contribution in [0.15, 0.2) is 24.3 Å². The van der Waals surface area contributed by atoms with Crippen LogP contribution < -0.4 is 4.89 Å². The van der Waals surface area contributed by atoms with Crippen molar-refractivity contribution in [3.05, 3.63) is 24.3 Å². The highest BCUT2D eigenvalue weighted by molar-refractivity contribution is 7.45. The van der Waals surface area contributed by atoms with Crippen molar-refractivity contribution in [2.75, 3.05) is 47.5 Å². The molecule has 2 atom stereocenters. The Kier molecular flexibility index (Phi) is 38.9. The summed E-state index contributed by atoms with van der Waals surface area (Å²) in [6, 6.07) is 0. The molecule has 0 aliphatic carbocycles. The third-order valence-corrected chi connectivity index (χ3v) is 11.2. The summed E-state index contributed by atoms with van der Waals surface area (Å²) in [5, 5.41) is 0. The highest BCUT2D eigenvalue weighted by atomic mass is 31.2. The molecule has 0 spiro atoms. The second-order valence-electron chi connectivity index (χ2n) is 17.1. The highest BCUT2D eigenvalue weighted by Gasteiger charge is 2.21. The third-order valence-electron chi connectivity index (χ3n) is 10.2. The van der Waals surface area contributed by atoms with Crippen molar-refractivity contribution >= 4 is 19.8 Å². The summed E-state index contributed by atoms with van der Waals surface area (Å²) in [6.45, 7) is 4.22. The Morgan fingerprint density at radius 1 is 0.544 bits per heavy atom. The number of allylic oxidation sites excluding steroid dienone is 4. The van der Waals surface area contributed by atoms with E-state index in [1.165, 1.54) is 128 Å². The summed E-state index contributed by atoms with van der Waals surface area (Å²) in [7, 11) is 1.17. The highest BCUT2D eigenvalue weighted by Crippen LogP contribution is 2.38. The lowest BCUT2D eigenvalue weighted by molar-refractivity contribution is -0.870. The molecule has 0 aliphatic heterocycles. The second kappa shape index (κ2) is 39.9. The average molecular weight is 828 g/mol. The van der Waals surface area contributed by atoms with Crippen molar-refractivity contribution in [2.24, 2.45) is 0 Å². The van der Waals surface area contributed by atoms with E-state index in [1.54, 1.807) is 0 Å². The number of rotatable bonds is 43. The van der Waals surface area contributed by atoms with Gasteiger partial charge < -0.3 is 27.9 Å². The first-order chi connectivity index (χ1) is 27.5. The summed E-state index contributed by atoms with van der Waals surface area (Å²) in [6.07, 6.45) is 43.4. The Morgan fingerprint density at radius 3 is 1.42 bits per heavy atom. The molecule has 0 aromatic rings. The number of carbonyl (C=O) groups is 2. The fourth-order valence-electron chi connectivity index (χ4n) is 6.51. The van der Waals surface area contributed by atoms with Gasteiger partial charge in [-0.15, -0.1) is 0 Å². The number of carbonyl (C=O) groups excluding carboxylic acids is 2. The normalized spacial score (nSPS) is 13.7. The van der Waals surface area contributed by atoms with Gasteiger partial charge in [0.2, 0.25) is 0 Å². The van der Waals surface area contributed by atoms with E-state index in [0.717, 1.165) is 51.4 Å².